The summed E-state index contributed by atoms with van der Waals surface area (Å²) in [6.45, 7) is 1.01. The van der Waals surface area contributed by atoms with Crippen molar-refractivity contribution < 1.29 is 103 Å². The van der Waals surface area contributed by atoms with Gasteiger partial charge in [-0.05, 0) is 0 Å². The normalized spacial score (nSPS) is 43.8. The van der Waals surface area contributed by atoms with Gasteiger partial charge in [-0.3, -0.25) is 19.2 Å². The topological polar surface area (TPSA) is 383 Å². The molecule has 4 heterocycles. The molecule has 0 spiro atoms. The summed E-state index contributed by atoms with van der Waals surface area (Å²) in [5.41, 5.74) is 0. The van der Waals surface area contributed by atoms with Crippen LogP contribution in [0.15, 0.2) is 0 Å². The molecule has 0 bridgehead atoms. The molecule has 4 aliphatic rings. The van der Waals surface area contributed by atoms with Crippen LogP contribution < -0.4 is 21.3 Å². The Morgan fingerprint density at radius 1 is 0.456 bits per heavy atom. The number of amides is 4. The third-order valence-electron chi connectivity index (χ3n) is 9.80. The van der Waals surface area contributed by atoms with E-state index in [1.807, 2.05) is 0 Å². The van der Waals surface area contributed by atoms with Crippen LogP contribution >= 0.6 is 0 Å². The molecule has 4 fully saturated rings. The number of ether oxygens (including phenoxy) is 7. The summed E-state index contributed by atoms with van der Waals surface area (Å²) in [6.07, 6.45) is -27.6. The molecular weight excluding hydrogens is 776 g/mol. The molecule has 57 heavy (non-hydrogen) atoms. The Hall–Kier alpha value is -2.80. The fourth-order valence-electron chi connectivity index (χ4n) is 7.05. The van der Waals surface area contributed by atoms with Gasteiger partial charge in [-0.15, -0.1) is 0 Å². The molecule has 0 aliphatic carbocycles. The van der Waals surface area contributed by atoms with Gasteiger partial charge in [0.25, 0.3) is 0 Å². The molecule has 4 saturated heterocycles. The monoisotopic (exact) mass is 830 g/mol. The lowest BCUT2D eigenvalue weighted by molar-refractivity contribution is -0.360. The van der Waals surface area contributed by atoms with Crippen LogP contribution in [0.4, 0.5) is 0 Å². The second-order valence-corrected chi connectivity index (χ2v) is 14.1. The van der Waals surface area contributed by atoms with E-state index in [9.17, 15) is 70.2 Å². The van der Waals surface area contributed by atoms with E-state index >= 15 is 0 Å². The maximum atomic E-state index is 12.5. The van der Waals surface area contributed by atoms with Crippen molar-refractivity contribution in [2.75, 3.05) is 26.4 Å². The molecule has 0 saturated carbocycles. The van der Waals surface area contributed by atoms with E-state index in [0.29, 0.717) is 0 Å². The highest BCUT2D eigenvalue weighted by atomic mass is 16.8. The van der Waals surface area contributed by atoms with Gasteiger partial charge in [0.2, 0.25) is 23.6 Å². The van der Waals surface area contributed by atoms with E-state index in [0.717, 1.165) is 27.7 Å². The third-order valence-corrected chi connectivity index (χ3v) is 9.80. The van der Waals surface area contributed by atoms with Crippen molar-refractivity contribution in [3.63, 3.8) is 0 Å². The number of hydrogen-bond donors (Lipinski definition) is 14. The Morgan fingerprint density at radius 2 is 0.789 bits per heavy atom. The van der Waals surface area contributed by atoms with Crippen LogP contribution in [-0.4, -0.2) is 224 Å². The van der Waals surface area contributed by atoms with Gasteiger partial charge in [0, 0.05) is 27.7 Å². The van der Waals surface area contributed by atoms with Crippen LogP contribution in [0.25, 0.3) is 0 Å². The van der Waals surface area contributed by atoms with Crippen LogP contribution in [0, 0.1) is 0 Å². The quantitative estimate of drug-likeness (QED) is 0.0773. The predicted molar refractivity (Wildman–Crippen MR) is 180 cm³/mol. The first-order valence-electron chi connectivity index (χ1n) is 18.0. The molecule has 0 aromatic rings. The highest BCUT2D eigenvalue weighted by molar-refractivity contribution is 5.74. The van der Waals surface area contributed by atoms with Crippen LogP contribution in [0.3, 0.4) is 0 Å². The van der Waals surface area contributed by atoms with Crippen LogP contribution in [0.5, 0.6) is 0 Å². The van der Waals surface area contributed by atoms with Gasteiger partial charge in [-0.25, -0.2) is 0 Å². The van der Waals surface area contributed by atoms with Crippen molar-refractivity contribution in [1.82, 2.24) is 21.3 Å². The average Bonchev–Trinajstić information content (AvgIpc) is 3.14. The van der Waals surface area contributed by atoms with E-state index < -0.39 is 173 Å². The van der Waals surface area contributed by atoms with Gasteiger partial charge in [-0.1, -0.05) is 0 Å². The molecule has 328 valence electrons. The zero-order valence-electron chi connectivity index (χ0n) is 31.3. The lowest BCUT2D eigenvalue weighted by Crippen LogP contribution is -2.71. The van der Waals surface area contributed by atoms with E-state index in [-0.39, 0.29) is 0 Å². The first-order valence-corrected chi connectivity index (χ1v) is 18.0. The second kappa shape index (κ2) is 20.4. The van der Waals surface area contributed by atoms with Gasteiger partial charge >= 0.3 is 0 Å². The second-order valence-electron chi connectivity index (χ2n) is 14.1. The predicted octanol–water partition coefficient (Wildman–Crippen LogP) is -9.17. The molecule has 14 N–H and O–H groups in total. The summed E-state index contributed by atoms with van der Waals surface area (Å²) < 4.78 is 41.4. The molecule has 0 aromatic heterocycles. The molecular formula is C32H54N4O21. The molecule has 0 aromatic carbocycles. The van der Waals surface area contributed by atoms with E-state index in [1.54, 1.807) is 0 Å². The largest absolute Gasteiger partial charge is 0.394 e. The summed E-state index contributed by atoms with van der Waals surface area (Å²) in [5, 5.41) is 115. The molecule has 25 heteroatoms. The van der Waals surface area contributed by atoms with E-state index in [1.165, 1.54) is 0 Å². The minimum absolute atomic E-state index is 0.685. The van der Waals surface area contributed by atoms with Gasteiger partial charge in [0.15, 0.2) is 25.2 Å². The smallest absolute Gasteiger partial charge is 0.217 e. The molecule has 0 unspecified atom stereocenters. The Morgan fingerprint density at radius 3 is 1.16 bits per heavy atom. The molecule has 25 nitrogen and oxygen atoms in total. The minimum Gasteiger partial charge on any atom is -0.394 e. The number of carbonyl (C=O) groups excluding carboxylic acids is 4. The Labute approximate surface area is 325 Å². The van der Waals surface area contributed by atoms with E-state index in [4.69, 9.17) is 33.2 Å². The van der Waals surface area contributed by atoms with Gasteiger partial charge in [0.05, 0.1) is 26.4 Å². The SMILES string of the molecule is CC(=O)N[C@@H]1[C@@H](O[C@@H]2O[C@H](CO)[C@@H](O)[C@H](O)[C@H]2NC(C)=O)[C@H](O[C@@H]2O[C@H](CO)[C@@H](O)[C@H](O)[C@H]2NC(C)=O)[C@@H](CO[C@@H]2O[C@H](CO)[C@@H](O)[C@H](O)[C@H]2NC(C)=O)O[C@@H]1O. The zero-order valence-corrected chi connectivity index (χ0v) is 31.3. The van der Waals surface area contributed by atoms with Gasteiger partial charge in [0.1, 0.15) is 97.4 Å². The number of carbonyl (C=O) groups is 4. The van der Waals surface area contributed by atoms with Crippen LogP contribution in [0.2, 0.25) is 0 Å². The van der Waals surface area contributed by atoms with Crippen molar-refractivity contribution in [2.45, 2.75) is 150 Å². The number of aliphatic hydroxyl groups is 10. The summed E-state index contributed by atoms with van der Waals surface area (Å²) in [5.74, 6) is -2.92. The number of rotatable bonds is 14. The van der Waals surface area contributed by atoms with Crippen molar-refractivity contribution in [3.05, 3.63) is 0 Å². The fourth-order valence-corrected chi connectivity index (χ4v) is 7.05. The van der Waals surface area contributed by atoms with Crippen molar-refractivity contribution >= 4 is 23.6 Å². The number of hydrogen-bond acceptors (Lipinski definition) is 21. The average molecular weight is 831 g/mol. The van der Waals surface area contributed by atoms with Crippen molar-refractivity contribution in [2.24, 2.45) is 0 Å². The third kappa shape index (κ3) is 11.1. The molecule has 4 amide bonds. The summed E-state index contributed by atoms with van der Waals surface area (Å²) in [4.78, 5) is 49.0. The fraction of sp³-hybridized carbons (Fsp3) is 0.875. The summed E-state index contributed by atoms with van der Waals surface area (Å²) in [6, 6.07) is -6.28. The number of nitrogens with one attached hydrogen (secondary N) is 4. The summed E-state index contributed by atoms with van der Waals surface area (Å²) >= 11 is 0. The first-order chi connectivity index (χ1) is 26.8. The summed E-state index contributed by atoms with van der Waals surface area (Å²) in [7, 11) is 0. The standard InChI is InChI=1S/C32H54N4O21/c1-9(40)33-17-24(47)21(44)13(5-37)53-30(17)51-8-16-27(56-31-18(34-10(2)41)25(48)22(45)14(6-38)54-31)28(20(29(50)52-16)36-12(4)43)57-32-19(35-11(3)42)26(49)23(46)15(7-39)55-32/h13-32,37-39,44-50H,5-8H2,1-4H3,(H,33,40)(H,34,41)(H,35,42)(H,36,43)/t13-,14-,15-,16-,17-,18-,19-,20-,21-,22-,23-,24-,25-,26-,27-,28-,29+,30-,31+,32+/m1/s1. The van der Waals surface area contributed by atoms with Crippen molar-refractivity contribution in [1.29, 1.82) is 0 Å². The van der Waals surface area contributed by atoms with Crippen LogP contribution in [-0.2, 0) is 52.3 Å². The highest BCUT2D eigenvalue weighted by Gasteiger charge is 2.56. The molecule has 4 aliphatic heterocycles. The minimum atomic E-state index is -2.02. The number of aliphatic hydroxyl groups excluding tert-OH is 10. The maximum absolute atomic E-state index is 12.5. The highest BCUT2D eigenvalue weighted by Crippen LogP contribution is 2.34. The molecule has 4 rings (SSSR count). The Kier molecular flexibility index (Phi) is 16.8. The van der Waals surface area contributed by atoms with Gasteiger partial charge in [-0.2, -0.15) is 0 Å². The Bertz CT molecular complexity index is 1370. The molecule has 0 radical (unpaired) electrons. The maximum Gasteiger partial charge on any atom is 0.217 e. The first kappa shape index (κ1) is 46.9. The lowest BCUT2D eigenvalue weighted by atomic mass is 9.93. The van der Waals surface area contributed by atoms with E-state index in [2.05, 4.69) is 21.3 Å². The Balaban J connectivity index is 1.81. The van der Waals surface area contributed by atoms with Crippen molar-refractivity contribution in [3.8, 4) is 0 Å². The van der Waals surface area contributed by atoms with Gasteiger partial charge < -0.3 is 105 Å². The zero-order chi connectivity index (χ0) is 42.5. The van der Waals surface area contributed by atoms with Crippen LogP contribution in [0.1, 0.15) is 27.7 Å². The lowest BCUT2D eigenvalue weighted by Gasteiger charge is -2.51. The molecule has 20 atom stereocenters.